The van der Waals surface area contributed by atoms with Gasteiger partial charge in [-0.3, -0.25) is 4.90 Å². The lowest BCUT2D eigenvalue weighted by Crippen LogP contribution is -2.33. The van der Waals surface area contributed by atoms with Crippen molar-refractivity contribution in [1.82, 2.24) is 19.7 Å². The second-order valence-electron chi connectivity index (χ2n) is 5.60. The molecule has 5 heteroatoms. The van der Waals surface area contributed by atoms with Crippen molar-refractivity contribution in [3.05, 3.63) is 42.0 Å². The van der Waals surface area contributed by atoms with Crippen LogP contribution >= 0.6 is 0 Å². The van der Waals surface area contributed by atoms with Crippen molar-refractivity contribution >= 4 is 5.69 Å². The van der Waals surface area contributed by atoms with E-state index in [0.29, 0.717) is 5.92 Å². The quantitative estimate of drug-likeness (QED) is 0.864. The highest BCUT2D eigenvalue weighted by Crippen LogP contribution is 2.26. The van der Waals surface area contributed by atoms with Crippen molar-refractivity contribution < 1.29 is 0 Å². The molecule has 1 fully saturated rings. The summed E-state index contributed by atoms with van der Waals surface area (Å²) in [6, 6.07) is 8.17. The zero-order chi connectivity index (χ0) is 13.9. The second kappa shape index (κ2) is 5.63. The molecule has 0 spiro atoms. The van der Waals surface area contributed by atoms with Gasteiger partial charge in [-0.2, -0.15) is 0 Å². The summed E-state index contributed by atoms with van der Waals surface area (Å²) in [6.45, 7) is 3.19. The summed E-state index contributed by atoms with van der Waals surface area (Å²) < 4.78 is 2.04. The van der Waals surface area contributed by atoms with Gasteiger partial charge in [0.25, 0.3) is 0 Å². The molecule has 0 atom stereocenters. The molecule has 0 amide bonds. The molecule has 1 aromatic carbocycles. The number of nitrogens with two attached hydrogens (primary N) is 1. The van der Waals surface area contributed by atoms with E-state index < -0.39 is 0 Å². The Balaban J connectivity index is 1.58. The number of piperidine rings is 1. The first kappa shape index (κ1) is 13.1. The molecule has 0 aliphatic carbocycles. The monoisotopic (exact) mass is 271 g/mol. The Hall–Kier alpha value is -1.88. The first-order valence-corrected chi connectivity index (χ1v) is 7.13. The molecule has 5 nitrogen and oxygen atoms in total. The molecule has 106 valence electrons. The molecule has 0 radical (unpaired) electrons. The smallest absolute Gasteiger partial charge is 0.135 e. The summed E-state index contributed by atoms with van der Waals surface area (Å²) in [7, 11) is 2.02. The van der Waals surface area contributed by atoms with Crippen LogP contribution in [0.1, 0.15) is 30.1 Å². The van der Waals surface area contributed by atoms with E-state index in [2.05, 4.69) is 27.2 Å². The van der Waals surface area contributed by atoms with E-state index >= 15 is 0 Å². The third kappa shape index (κ3) is 2.82. The maximum atomic E-state index is 5.83. The van der Waals surface area contributed by atoms with E-state index in [9.17, 15) is 0 Å². The Morgan fingerprint density at radius 1 is 1.30 bits per heavy atom. The number of likely N-dealkylation sites (tertiary alicyclic amines) is 1. The van der Waals surface area contributed by atoms with E-state index in [-0.39, 0.29) is 0 Å². The van der Waals surface area contributed by atoms with E-state index in [1.54, 1.807) is 6.33 Å². The summed E-state index contributed by atoms with van der Waals surface area (Å²) >= 11 is 0. The van der Waals surface area contributed by atoms with Gasteiger partial charge in [-0.25, -0.2) is 0 Å². The molecule has 2 aromatic rings. The lowest BCUT2D eigenvalue weighted by Gasteiger charge is -2.31. The number of benzene rings is 1. The average molecular weight is 271 g/mol. The van der Waals surface area contributed by atoms with Crippen LogP contribution in [-0.4, -0.2) is 32.8 Å². The van der Waals surface area contributed by atoms with Gasteiger partial charge in [0.15, 0.2) is 0 Å². The average Bonchev–Trinajstić information content (AvgIpc) is 2.86. The van der Waals surface area contributed by atoms with Gasteiger partial charge in [0, 0.05) is 25.2 Å². The fraction of sp³-hybridized carbons (Fsp3) is 0.467. The highest BCUT2D eigenvalue weighted by atomic mass is 15.3. The fourth-order valence-corrected chi connectivity index (χ4v) is 2.96. The zero-order valence-corrected chi connectivity index (χ0v) is 11.9. The number of nitrogens with zero attached hydrogens (tertiary/aromatic N) is 4. The molecule has 1 saturated heterocycles. The molecule has 1 aromatic heterocycles. The minimum absolute atomic E-state index is 0.541. The SMILES string of the molecule is Cn1cnnc1C1CCN(Cc2cccc(N)c2)CC1. The Bertz CT molecular complexity index is 569. The number of aryl methyl sites for hydroxylation is 1. The zero-order valence-electron chi connectivity index (χ0n) is 11.9. The normalized spacial score (nSPS) is 17.4. The van der Waals surface area contributed by atoms with Crippen LogP contribution in [0.5, 0.6) is 0 Å². The predicted molar refractivity (Wildman–Crippen MR) is 79.1 cm³/mol. The third-order valence-electron chi connectivity index (χ3n) is 4.06. The number of hydrogen-bond donors (Lipinski definition) is 1. The molecule has 2 heterocycles. The minimum Gasteiger partial charge on any atom is -0.399 e. The lowest BCUT2D eigenvalue weighted by atomic mass is 9.95. The fourth-order valence-electron chi connectivity index (χ4n) is 2.96. The summed E-state index contributed by atoms with van der Waals surface area (Å²) in [5.74, 6) is 1.66. The van der Waals surface area contributed by atoms with Crippen LogP contribution < -0.4 is 5.73 Å². The first-order chi connectivity index (χ1) is 9.72. The molecular formula is C15H21N5. The van der Waals surface area contributed by atoms with Gasteiger partial charge in [0.2, 0.25) is 0 Å². The number of anilines is 1. The van der Waals surface area contributed by atoms with Crippen LogP contribution in [0.2, 0.25) is 0 Å². The van der Waals surface area contributed by atoms with Gasteiger partial charge in [-0.1, -0.05) is 12.1 Å². The summed E-state index contributed by atoms with van der Waals surface area (Å²) in [5, 5.41) is 8.22. The highest BCUT2D eigenvalue weighted by Gasteiger charge is 2.23. The van der Waals surface area contributed by atoms with Crippen LogP contribution in [0, 0.1) is 0 Å². The van der Waals surface area contributed by atoms with E-state index in [1.807, 2.05) is 23.7 Å². The molecular weight excluding hydrogens is 250 g/mol. The lowest BCUT2D eigenvalue weighted by molar-refractivity contribution is 0.200. The Labute approximate surface area is 119 Å². The number of rotatable bonds is 3. The van der Waals surface area contributed by atoms with Crippen molar-refractivity contribution in [3.63, 3.8) is 0 Å². The second-order valence-corrected chi connectivity index (χ2v) is 5.60. The number of aromatic nitrogens is 3. The largest absolute Gasteiger partial charge is 0.399 e. The van der Waals surface area contributed by atoms with Gasteiger partial charge in [0.05, 0.1) is 0 Å². The van der Waals surface area contributed by atoms with Crippen LogP contribution in [0.15, 0.2) is 30.6 Å². The van der Waals surface area contributed by atoms with Crippen LogP contribution in [0.4, 0.5) is 5.69 Å². The summed E-state index contributed by atoms with van der Waals surface area (Å²) in [4.78, 5) is 2.49. The van der Waals surface area contributed by atoms with Crippen LogP contribution in [0.25, 0.3) is 0 Å². The van der Waals surface area contributed by atoms with E-state index in [1.165, 1.54) is 5.56 Å². The van der Waals surface area contributed by atoms with Gasteiger partial charge < -0.3 is 10.3 Å². The topological polar surface area (TPSA) is 60.0 Å². The Morgan fingerprint density at radius 2 is 2.10 bits per heavy atom. The van der Waals surface area contributed by atoms with E-state index in [4.69, 9.17) is 5.73 Å². The molecule has 0 saturated carbocycles. The van der Waals surface area contributed by atoms with Gasteiger partial charge in [-0.05, 0) is 43.6 Å². The van der Waals surface area contributed by atoms with Crippen LogP contribution in [0.3, 0.4) is 0 Å². The maximum Gasteiger partial charge on any atom is 0.135 e. The minimum atomic E-state index is 0.541. The standard InChI is InChI=1S/C15H21N5/c1-19-11-17-18-15(19)13-5-7-20(8-6-13)10-12-3-2-4-14(16)9-12/h2-4,9,11,13H,5-8,10,16H2,1H3. The summed E-state index contributed by atoms with van der Waals surface area (Å²) in [6.07, 6.45) is 4.08. The van der Waals surface area contributed by atoms with Crippen molar-refractivity contribution in [3.8, 4) is 0 Å². The molecule has 0 unspecified atom stereocenters. The Kier molecular flexibility index (Phi) is 3.69. The van der Waals surface area contributed by atoms with Gasteiger partial charge in [0.1, 0.15) is 12.2 Å². The summed E-state index contributed by atoms with van der Waals surface area (Å²) in [5.41, 5.74) is 7.97. The molecule has 3 rings (SSSR count). The maximum absolute atomic E-state index is 5.83. The van der Waals surface area contributed by atoms with Crippen molar-refractivity contribution in [2.45, 2.75) is 25.3 Å². The molecule has 20 heavy (non-hydrogen) atoms. The Morgan fingerprint density at radius 3 is 2.75 bits per heavy atom. The predicted octanol–water partition coefficient (Wildman–Crippen LogP) is 1.78. The van der Waals surface area contributed by atoms with Gasteiger partial charge >= 0.3 is 0 Å². The molecule has 1 aliphatic heterocycles. The van der Waals surface area contributed by atoms with E-state index in [0.717, 1.165) is 44.0 Å². The number of hydrogen-bond acceptors (Lipinski definition) is 4. The number of nitrogen functional groups attached to an aromatic ring is 1. The van der Waals surface area contributed by atoms with Crippen molar-refractivity contribution in [2.75, 3.05) is 18.8 Å². The molecule has 0 bridgehead atoms. The molecule has 1 aliphatic rings. The van der Waals surface area contributed by atoms with Crippen LogP contribution in [-0.2, 0) is 13.6 Å². The molecule has 2 N–H and O–H groups in total. The highest BCUT2D eigenvalue weighted by molar-refractivity contribution is 5.40. The first-order valence-electron chi connectivity index (χ1n) is 7.13. The third-order valence-corrected chi connectivity index (χ3v) is 4.06. The van der Waals surface area contributed by atoms with Gasteiger partial charge in [-0.15, -0.1) is 10.2 Å². The van der Waals surface area contributed by atoms with Crippen molar-refractivity contribution in [2.24, 2.45) is 7.05 Å². The van der Waals surface area contributed by atoms with Crippen molar-refractivity contribution in [1.29, 1.82) is 0 Å².